The van der Waals surface area contributed by atoms with Gasteiger partial charge in [0.2, 0.25) is 0 Å². The molecule has 1 atom stereocenters. The lowest BCUT2D eigenvalue weighted by atomic mass is 10.2. The van der Waals surface area contributed by atoms with Gasteiger partial charge >= 0.3 is 5.97 Å². The van der Waals surface area contributed by atoms with Gasteiger partial charge in [0.25, 0.3) is 0 Å². The van der Waals surface area contributed by atoms with Gasteiger partial charge in [0, 0.05) is 12.7 Å². The van der Waals surface area contributed by atoms with Gasteiger partial charge in [-0.1, -0.05) is 0 Å². The van der Waals surface area contributed by atoms with Crippen LogP contribution in [0.15, 0.2) is 18.3 Å². The first-order valence-corrected chi connectivity index (χ1v) is 5.08. The molecule has 0 unspecified atom stereocenters. The summed E-state index contributed by atoms with van der Waals surface area (Å²) < 4.78 is 0. The van der Waals surface area contributed by atoms with E-state index in [4.69, 9.17) is 10.4 Å². The zero-order valence-electron chi connectivity index (χ0n) is 8.63. The van der Waals surface area contributed by atoms with Gasteiger partial charge in [-0.25, -0.2) is 9.78 Å². The van der Waals surface area contributed by atoms with Crippen molar-refractivity contribution in [1.82, 2.24) is 4.98 Å². The first kappa shape index (κ1) is 10.4. The number of aliphatic carboxylic acids is 1. The van der Waals surface area contributed by atoms with Crippen molar-refractivity contribution in [3.05, 3.63) is 23.9 Å². The lowest BCUT2D eigenvalue weighted by Crippen LogP contribution is -2.36. The Hall–Kier alpha value is -2.09. The van der Waals surface area contributed by atoms with Crippen molar-refractivity contribution >= 4 is 11.8 Å². The van der Waals surface area contributed by atoms with Gasteiger partial charge in [0.15, 0.2) is 0 Å². The van der Waals surface area contributed by atoms with Crippen molar-refractivity contribution in [3.8, 4) is 6.07 Å². The average molecular weight is 217 g/mol. The van der Waals surface area contributed by atoms with Crippen molar-refractivity contribution in [2.45, 2.75) is 18.9 Å². The number of hydrogen-bond acceptors (Lipinski definition) is 4. The Kier molecular flexibility index (Phi) is 2.73. The number of carbonyl (C=O) groups is 1. The molecule has 1 fully saturated rings. The van der Waals surface area contributed by atoms with Crippen molar-refractivity contribution in [2.75, 3.05) is 11.4 Å². The molecule has 82 valence electrons. The van der Waals surface area contributed by atoms with Gasteiger partial charge < -0.3 is 10.0 Å². The minimum atomic E-state index is -0.855. The third-order valence-corrected chi connectivity index (χ3v) is 2.72. The Morgan fingerprint density at radius 1 is 1.69 bits per heavy atom. The Bertz CT molecular complexity index is 453. The molecule has 0 aromatic carbocycles. The highest BCUT2D eigenvalue weighted by Gasteiger charge is 2.32. The van der Waals surface area contributed by atoms with E-state index in [0.717, 1.165) is 6.42 Å². The lowest BCUT2D eigenvalue weighted by molar-refractivity contribution is -0.138. The first-order valence-electron chi connectivity index (χ1n) is 5.08. The van der Waals surface area contributed by atoms with Gasteiger partial charge in [-0.15, -0.1) is 0 Å². The molecule has 1 aliphatic rings. The van der Waals surface area contributed by atoms with E-state index in [1.165, 1.54) is 0 Å². The summed E-state index contributed by atoms with van der Waals surface area (Å²) in [5.41, 5.74) is 0.427. The fourth-order valence-corrected chi connectivity index (χ4v) is 1.99. The first-order chi connectivity index (χ1) is 7.74. The summed E-state index contributed by atoms with van der Waals surface area (Å²) in [4.78, 5) is 16.8. The summed E-state index contributed by atoms with van der Waals surface area (Å²) in [7, 11) is 0. The number of anilines is 1. The number of pyridine rings is 1. The summed E-state index contributed by atoms with van der Waals surface area (Å²) in [6, 6.07) is 4.81. The van der Waals surface area contributed by atoms with Crippen LogP contribution in [0.1, 0.15) is 18.4 Å². The van der Waals surface area contributed by atoms with Crippen molar-refractivity contribution in [3.63, 3.8) is 0 Å². The smallest absolute Gasteiger partial charge is 0.326 e. The van der Waals surface area contributed by atoms with Crippen LogP contribution in [0.5, 0.6) is 0 Å². The highest BCUT2D eigenvalue weighted by atomic mass is 16.4. The molecule has 0 radical (unpaired) electrons. The molecule has 1 aromatic heterocycles. The van der Waals surface area contributed by atoms with Gasteiger partial charge in [-0.3, -0.25) is 0 Å². The number of rotatable bonds is 2. The summed E-state index contributed by atoms with van der Waals surface area (Å²) in [5, 5.41) is 18.0. The largest absolute Gasteiger partial charge is 0.480 e. The van der Waals surface area contributed by atoms with Crippen LogP contribution < -0.4 is 4.90 Å². The van der Waals surface area contributed by atoms with E-state index in [-0.39, 0.29) is 0 Å². The molecule has 0 spiro atoms. The minimum absolute atomic E-state index is 0.427. The normalized spacial score (nSPS) is 19.4. The maximum atomic E-state index is 11.0. The predicted molar refractivity (Wildman–Crippen MR) is 57.0 cm³/mol. The lowest BCUT2D eigenvalue weighted by Gasteiger charge is -2.22. The molecule has 5 nitrogen and oxygen atoms in total. The Labute approximate surface area is 92.9 Å². The average Bonchev–Trinajstić information content (AvgIpc) is 2.77. The summed E-state index contributed by atoms with van der Waals surface area (Å²) in [6.07, 6.45) is 3.00. The van der Waals surface area contributed by atoms with Crippen LogP contribution in [-0.2, 0) is 4.79 Å². The molecule has 5 heteroatoms. The number of aromatic nitrogens is 1. The highest BCUT2D eigenvalue weighted by Crippen LogP contribution is 2.26. The summed E-state index contributed by atoms with van der Waals surface area (Å²) in [6.45, 7) is 0.642. The molecule has 16 heavy (non-hydrogen) atoms. The molecule has 0 amide bonds. The van der Waals surface area contributed by atoms with E-state index in [1.54, 1.807) is 23.2 Å². The molecule has 0 bridgehead atoms. The molecular weight excluding hydrogens is 206 g/mol. The van der Waals surface area contributed by atoms with Crippen molar-refractivity contribution in [2.24, 2.45) is 0 Å². The van der Waals surface area contributed by atoms with Crippen LogP contribution in [-0.4, -0.2) is 28.6 Å². The highest BCUT2D eigenvalue weighted by molar-refractivity contribution is 5.79. The fourth-order valence-electron chi connectivity index (χ4n) is 1.99. The van der Waals surface area contributed by atoms with E-state index in [0.29, 0.717) is 24.3 Å². The number of hydrogen-bond donors (Lipinski definition) is 1. The quantitative estimate of drug-likeness (QED) is 0.799. The van der Waals surface area contributed by atoms with Crippen LogP contribution in [0.25, 0.3) is 0 Å². The maximum absolute atomic E-state index is 11.0. The van der Waals surface area contributed by atoms with Crippen LogP contribution in [0, 0.1) is 11.3 Å². The summed E-state index contributed by atoms with van der Waals surface area (Å²) in [5.74, 6) is -0.373. The van der Waals surface area contributed by atoms with Crippen LogP contribution >= 0.6 is 0 Å². The summed E-state index contributed by atoms with van der Waals surface area (Å²) >= 11 is 0. The van der Waals surface area contributed by atoms with E-state index in [2.05, 4.69) is 4.98 Å². The molecule has 1 N–H and O–H groups in total. The van der Waals surface area contributed by atoms with Crippen LogP contribution in [0.3, 0.4) is 0 Å². The second-order valence-corrected chi connectivity index (χ2v) is 3.68. The van der Waals surface area contributed by atoms with Gasteiger partial charge in [-0.2, -0.15) is 5.26 Å². The fraction of sp³-hybridized carbons (Fsp3) is 0.364. The predicted octanol–water partition coefficient (Wildman–Crippen LogP) is 1.01. The molecule has 1 saturated heterocycles. The second kappa shape index (κ2) is 4.19. The van der Waals surface area contributed by atoms with Crippen molar-refractivity contribution < 1.29 is 9.90 Å². The monoisotopic (exact) mass is 217 g/mol. The van der Waals surface area contributed by atoms with E-state index in [9.17, 15) is 4.79 Å². The van der Waals surface area contributed by atoms with E-state index < -0.39 is 12.0 Å². The van der Waals surface area contributed by atoms with Gasteiger partial charge in [0.1, 0.15) is 17.9 Å². The van der Waals surface area contributed by atoms with Crippen LogP contribution in [0.4, 0.5) is 5.82 Å². The molecular formula is C11H11N3O2. The Morgan fingerprint density at radius 2 is 2.50 bits per heavy atom. The zero-order chi connectivity index (χ0) is 11.5. The number of carboxylic acids is 1. The van der Waals surface area contributed by atoms with E-state index >= 15 is 0 Å². The Balaban J connectivity index is 2.37. The number of carboxylic acid groups (broad SMARTS) is 1. The third-order valence-electron chi connectivity index (χ3n) is 2.72. The number of nitriles is 1. The van der Waals surface area contributed by atoms with Crippen LogP contribution in [0.2, 0.25) is 0 Å². The van der Waals surface area contributed by atoms with Crippen molar-refractivity contribution in [1.29, 1.82) is 5.26 Å². The maximum Gasteiger partial charge on any atom is 0.326 e. The molecule has 1 aromatic rings. The second-order valence-electron chi connectivity index (χ2n) is 3.68. The third kappa shape index (κ3) is 1.70. The zero-order valence-corrected chi connectivity index (χ0v) is 8.63. The Morgan fingerprint density at radius 3 is 3.19 bits per heavy atom. The molecule has 2 rings (SSSR count). The SMILES string of the molecule is N#Cc1cccnc1N1CCC[C@H]1C(=O)O. The number of nitrogens with zero attached hydrogens (tertiary/aromatic N) is 3. The molecule has 0 saturated carbocycles. The standard InChI is InChI=1S/C11H11N3O2/c12-7-8-3-1-5-13-10(8)14-6-2-4-9(14)11(15)16/h1,3,5,9H,2,4,6H2,(H,15,16)/t9-/m0/s1. The van der Waals surface area contributed by atoms with Gasteiger partial charge in [-0.05, 0) is 25.0 Å². The van der Waals surface area contributed by atoms with E-state index in [1.807, 2.05) is 6.07 Å². The van der Waals surface area contributed by atoms with Gasteiger partial charge in [0.05, 0.1) is 5.56 Å². The minimum Gasteiger partial charge on any atom is -0.480 e. The topological polar surface area (TPSA) is 77.2 Å². The molecule has 1 aliphatic heterocycles. The molecule has 0 aliphatic carbocycles. The molecule has 2 heterocycles.